The quantitative estimate of drug-likeness (QED) is 0.322. The lowest BCUT2D eigenvalue weighted by molar-refractivity contribution is -0.0317. The first-order valence-electron chi connectivity index (χ1n) is 13.8. The Balaban J connectivity index is 1.45. The van der Waals surface area contributed by atoms with E-state index in [4.69, 9.17) is 25.9 Å². The van der Waals surface area contributed by atoms with Crippen LogP contribution < -0.4 is 15.5 Å². The molecule has 0 radical (unpaired) electrons. The van der Waals surface area contributed by atoms with E-state index in [0.29, 0.717) is 5.90 Å². The number of hydrogen-bond acceptors (Lipinski definition) is 7. The maximum Gasteiger partial charge on any atom is 0.275 e. The van der Waals surface area contributed by atoms with Gasteiger partial charge in [0.15, 0.2) is 17.0 Å². The smallest absolute Gasteiger partial charge is 0.275 e. The van der Waals surface area contributed by atoms with Gasteiger partial charge in [0.25, 0.3) is 11.8 Å². The van der Waals surface area contributed by atoms with Crippen molar-refractivity contribution in [3.63, 3.8) is 0 Å². The highest BCUT2D eigenvalue weighted by Crippen LogP contribution is 2.44. The summed E-state index contributed by atoms with van der Waals surface area (Å²) in [6.45, 7) is 1.57. The largest absolute Gasteiger partial charge is 0.483 e. The van der Waals surface area contributed by atoms with Crippen LogP contribution in [0.15, 0.2) is 70.8 Å². The molecule has 0 fully saturated rings. The average molecular weight is 625 g/mol. The minimum atomic E-state index is -1.10. The Kier molecular flexibility index (Phi) is 7.62. The van der Waals surface area contributed by atoms with Crippen LogP contribution in [0.2, 0.25) is 5.02 Å². The molecule has 2 amide bonds. The van der Waals surface area contributed by atoms with Crippen LogP contribution in [-0.4, -0.2) is 52.5 Å². The number of carbonyl (C=O) groups excluding carboxylic acids is 2. The number of methoxy groups -OCH3 is 1. The number of nitrogens with zero attached hydrogens (tertiary/aromatic N) is 3. The Hall–Kier alpha value is -4.71. The lowest BCUT2D eigenvalue weighted by Gasteiger charge is -2.41. The van der Waals surface area contributed by atoms with Gasteiger partial charge < -0.3 is 29.1 Å². The van der Waals surface area contributed by atoms with Gasteiger partial charge in [0.05, 0.1) is 19.6 Å². The Morgan fingerprint density at radius 1 is 1.20 bits per heavy atom. The van der Waals surface area contributed by atoms with Crippen molar-refractivity contribution in [1.82, 2.24) is 14.8 Å². The molecular weight excluding hydrogens is 598 g/mol. The van der Waals surface area contributed by atoms with E-state index >= 15 is 0 Å². The predicted molar refractivity (Wildman–Crippen MR) is 156 cm³/mol. The fourth-order valence-electron chi connectivity index (χ4n) is 5.63. The second-order valence-electron chi connectivity index (χ2n) is 10.7. The minimum Gasteiger partial charge on any atom is -0.483 e. The zero-order valence-corrected chi connectivity index (χ0v) is 24.4. The third-order valence-electron chi connectivity index (χ3n) is 8.08. The van der Waals surface area contributed by atoms with Crippen LogP contribution in [0, 0.1) is 11.6 Å². The topological polar surface area (TPSA) is 111 Å². The van der Waals surface area contributed by atoms with Gasteiger partial charge in [0.2, 0.25) is 11.3 Å². The second kappa shape index (κ2) is 11.4. The fraction of sp³-hybridized carbons (Fsp3) is 0.290. The molecule has 13 heteroatoms. The van der Waals surface area contributed by atoms with E-state index in [0.717, 1.165) is 17.7 Å². The average Bonchev–Trinajstić information content (AvgIpc) is 3.41. The van der Waals surface area contributed by atoms with Gasteiger partial charge in [0, 0.05) is 30.9 Å². The van der Waals surface area contributed by atoms with E-state index < -0.39 is 45.5 Å². The molecule has 2 bridgehead atoms. The fourth-order valence-corrected chi connectivity index (χ4v) is 5.81. The highest BCUT2D eigenvalue weighted by molar-refractivity contribution is 6.31. The lowest BCUT2D eigenvalue weighted by Crippen LogP contribution is -2.53. The molecule has 0 unspecified atom stereocenters. The van der Waals surface area contributed by atoms with Gasteiger partial charge in [-0.2, -0.15) is 0 Å². The molecule has 0 aliphatic carbocycles. The third-order valence-corrected chi connectivity index (χ3v) is 8.43. The van der Waals surface area contributed by atoms with Gasteiger partial charge in [-0.05, 0) is 24.6 Å². The molecule has 0 saturated heterocycles. The monoisotopic (exact) mass is 624 g/mol. The summed E-state index contributed by atoms with van der Waals surface area (Å²) in [5, 5.41) is 5.87. The first kappa shape index (κ1) is 29.4. The van der Waals surface area contributed by atoms with Crippen molar-refractivity contribution in [2.45, 2.75) is 44.2 Å². The van der Waals surface area contributed by atoms with Crippen LogP contribution in [-0.2, 0) is 22.7 Å². The molecule has 10 nitrogen and oxygen atoms in total. The number of benzene rings is 2. The molecule has 3 aliphatic rings. The van der Waals surface area contributed by atoms with Crippen LogP contribution in [0.4, 0.5) is 8.78 Å². The Bertz CT molecular complexity index is 1780. The van der Waals surface area contributed by atoms with E-state index in [1.807, 2.05) is 25.1 Å². The number of amides is 2. The van der Waals surface area contributed by atoms with Gasteiger partial charge in [0.1, 0.15) is 28.8 Å². The molecule has 0 saturated carbocycles. The summed E-state index contributed by atoms with van der Waals surface area (Å²) >= 11 is 5.69. The molecule has 3 aliphatic heterocycles. The van der Waals surface area contributed by atoms with Crippen molar-refractivity contribution in [3.05, 3.63) is 110 Å². The molecule has 1 N–H and O–H groups in total. The number of carbonyl (C=O) groups is 2. The normalized spacial score (nSPS) is 21.8. The van der Waals surface area contributed by atoms with Crippen LogP contribution in [0.1, 0.15) is 51.4 Å². The Morgan fingerprint density at radius 2 is 1.98 bits per heavy atom. The van der Waals surface area contributed by atoms with Crippen molar-refractivity contribution in [3.8, 4) is 5.75 Å². The predicted octanol–water partition coefficient (Wildman–Crippen LogP) is 4.36. The zero-order chi connectivity index (χ0) is 31.2. The van der Waals surface area contributed by atoms with Crippen LogP contribution in [0.3, 0.4) is 0 Å². The summed E-state index contributed by atoms with van der Waals surface area (Å²) in [6, 6.07) is 10.2. The Morgan fingerprint density at radius 3 is 2.70 bits per heavy atom. The van der Waals surface area contributed by atoms with E-state index in [-0.39, 0.29) is 54.7 Å². The maximum atomic E-state index is 14.5. The van der Waals surface area contributed by atoms with E-state index in [9.17, 15) is 23.2 Å². The van der Waals surface area contributed by atoms with Crippen molar-refractivity contribution >= 4 is 29.3 Å². The van der Waals surface area contributed by atoms with Crippen molar-refractivity contribution in [1.29, 1.82) is 0 Å². The lowest BCUT2D eigenvalue weighted by atomic mass is 9.88. The van der Waals surface area contributed by atoms with Crippen molar-refractivity contribution in [2.24, 2.45) is 5.16 Å². The van der Waals surface area contributed by atoms with Gasteiger partial charge in [-0.1, -0.05) is 59.2 Å². The first-order valence-corrected chi connectivity index (χ1v) is 14.2. The maximum absolute atomic E-state index is 14.5. The zero-order valence-electron chi connectivity index (χ0n) is 23.7. The number of ether oxygens (including phenoxy) is 2. The highest BCUT2D eigenvalue weighted by Gasteiger charge is 2.53. The van der Waals surface area contributed by atoms with Crippen molar-refractivity contribution in [2.75, 3.05) is 13.7 Å². The molecule has 4 heterocycles. The first-order chi connectivity index (χ1) is 21.1. The molecule has 2 aromatic carbocycles. The van der Waals surface area contributed by atoms with Gasteiger partial charge in [-0.25, -0.2) is 8.78 Å². The summed E-state index contributed by atoms with van der Waals surface area (Å²) in [4.78, 5) is 48.9. The van der Waals surface area contributed by atoms with E-state index in [1.165, 1.54) is 17.9 Å². The molecule has 44 heavy (non-hydrogen) atoms. The van der Waals surface area contributed by atoms with E-state index in [1.54, 1.807) is 29.2 Å². The number of fused-ring (bicyclic) bond motifs is 5. The molecule has 3 atom stereocenters. The van der Waals surface area contributed by atoms with Crippen LogP contribution in [0.25, 0.3) is 0 Å². The number of pyridine rings is 1. The SMILES string of the molecule is COC1=NO[C@@]2(C=C[C@H](C)N3C[C@H]2n2cc(C(=O)NCc4ccc(F)c(Cl)c4F)c(=O)c(OCc4ccccc4)c2C3=O)C1. The number of nitrogens with one attached hydrogen (secondary N) is 1. The summed E-state index contributed by atoms with van der Waals surface area (Å²) in [7, 11) is 1.47. The highest BCUT2D eigenvalue weighted by atomic mass is 35.5. The minimum absolute atomic E-state index is 0.0421. The summed E-state index contributed by atoms with van der Waals surface area (Å²) in [5.74, 6) is -3.27. The van der Waals surface area contributed by atoms with Gasteiger partial charge in [-0.3, -0.25) is 14.4 Å². The summed E-state index contributed by atoms with van der Waals surface area (Å²) in [5.41, 5.74) is -1.68. The Labute approximate surface area is 255 Å². The number of oxime groups is 1. The van der Waals surface area contributed by atoms with Crippen LogP contribution in [0.5, 0.6) is 5.75 Å². The van der Waals surface area contributed by atoms with Gasteiger partial charge >= 0.3 is 0 Å². The molecular formula is C31H27ClF2N4O6. The summed E-state index contributed by atoms with van der Waals surface area (Å²) in [6.07, 6.45) is 5.17. The number of halogens is 3. The number of rotatable bonds is 6. The second-order valence-corrected chi connectivity index (χ2v) is 11.1. The molecule has 228 valence electrons. The molecule has 1 spiro atoms. The van der Waals surface area contributed by atoms with Crippen molar-refractivity contribution < 1.29 is 32.7 Å². The standard InChI is InChI=1S/C31H27ClF2N4O6/c1-17-10-11-31(12-23(42-2)36-44-31)22-15-37(17)30(41)26-28(43-16-18-6-4-3-5-7-18)27(39)20(14-38(22)26)29(40)35-13-19-8-9-21(33)24(32)25(19)34/h3-11,14,17,22H,12-13,15-16H2,1-2H3,(H,35,40)/t17-,22+,31-/m0/s1. The number of aromatic nitrogens is 1. The molecule has 1 aromatic heterocycles. The summed E-state index contributed by atoms with van der Waals surface area (Å²) < 4.78 is 41.1. The number of hydrogen-bond donors (Lipinski definition) is 1. The molecule has 6 rings (SSSR count). The third kappa shape index (κ3) is 4.98. The van der Waals surface area contributed by atoms with Crippen LogP contribution >= 0.6 is 11.6 Å². The van der Waals surface area contributed by atoms with E-state index in [2.05, 4.69) is 10.5 Å². The van der Waals surface area contributed by atoms with Gasteiger partial charge in [-0.15, -0.1) is 0 Å². The molecule has 3 aromatic rings.